The summed E-state index contributed by atoms with van der Waals surface area (Å²) in [6.45, 7) is 0.0758. The van der Waals surface area contributed by atoms with E-state index in [2.05, 4.69) is 4.98 Å². The van der Waals surface area contributed by atoms with Crippen LogP contribution < -0.4 is 13.8 Å². The monoisotopic (exact) mass is 309 g/mol. The standard InChI is InChI=1S/C13H15N3O4S/c1-15-7-12(14-9-15)20-13-8-16(21(2,17)18)10-5-3-4-6-11(10)19-13/h3-7,9,13H,8H2,1-2H3/t13-/m0/s1. The number of aromatic nitrogens is 2. The first-order valence-corrected chi connectivity index (χ1v) is 8.16. The van der Waals surface area contributed by atoms with Gasteiger partial charge >= 0.3 is 0 Å². The number of fused-ring (bicyclic) bond motifs is 1. The van der Waals surface area contributed by atoms with Crippen LogP contribution in [0.2, 0.25) is 0 Å². The summed E-state index contributed by atoms with van der Waals surface area (Å²) in [5, 5.41) is 0. The molecule has 7 nitrogen and oxygen atoms in total. The van der Waals surface area contributed by atoms with Crippen LogP contribution >= 0.6 is 0 Å². The molecule has 0 bridgehead atoms. The quantitative estimate of drug-likeness (QED) is 0.845. The molecule has 1 aliphatic heterocycles. The van der Waals surface area contributed by atoms with Crippen molar-refractivity contribution in [3.05, 3.63) is 36.8 Å². The molecule has 1 atom stereocenters. The highest BCUT2D eigenvalue weighted by molar-refractivity contribution is 7.92. The summed E-state index contributed by atoms with van der Waals surface area (Å²) in [6.07, 6.45) is 3.70. The van der Waals surface area contributed by atoms with Crippen LogP contribution in [0.4, 0.5) is 5.69 Å². The molecule has 21 heavy (non-hydrogen) atoms. The van der Waals surface area contributed by atoms with Gasteiger partial charge in [-0.25, -0.2) is 13.4 Å². The molecule has 3 rings (SSSR count). The van der Waals surface area contributed by atoms with Gasteiger partial charge in [0.2, 0.25) is 15.9 Å². The zero-order chi connectivity index (χ0) is 15.0. The summed E-state index contributed by atoms with van der Waals surface area (Å²) in [7, 11) is -1.59. The lowest BCUT2D eigenvalue weighted by Crippen LogP contribution is -2.45. The van der Waals surface area contributed by atoms with Crippen LogP contribution in [0.1, 0.15) is 0 Å². The van der Waals surface area contributed by atoms with Gasteiger partial charge in [-0.1, -0.05) is 12.1 Å². The molecule has 0 amide bonds. The second kappa shape index (κ2) is 4.96. The van der Waals surface area contributed by atoms with Crippen LogP contribution in [0.5, 0.6) is 11.6 Å². The van der Waals surface area contributed by atoms with E-state index < -0.39 is 16.3 Å². The minimum absolute atomic E-state index is 0.0758. The molecule has 2 aromatic rings. The average molecular weight is 309 g/mol. The van der Waals surface area contributed by atoms with Gasteiger partial charge in [0.1, 0.15) is 12.3 Å². The number of hydrogen-bond acceptors (Lipinski definition) is 5. The summed E-state index contributed by atoms with van der Waals surface area (Å²) >= 11 is 0. The molecule has 0 fully saturated rings. The zero-order valence-electron chi connectivity index (χ0n) is 11.6. The van der Waals surface area contributed by atoms with Crippen molar-refractivity contribution in [2.75, 3.05) is 17.1 Å². The number of aryl methyl sites for hydroxylation is 1. The molecule has 0 unspecified atom stereocenters. The number of ether oxygens (including phenoxy) is 2. The van der Waals surface area contributed by atoms with Gasteiger partial charge in [0.15, 0.2) is 0 Å². The van der Waals surface area contributed by atoms with Crippen LogP contribution in [0, 0.1) is 0 Å². The molecule has 1 aliphatic rings. The van der Waals surface area contributed by atoms with E-state index in [1.165, 1.54) is 4.31 Å². The Labute approximate surface area is 122 Å². The van der Waals surface area contributed by atoms with Gasteiger partial charge in [-0.3, -0.25) is 4.31 Å². The van der Waals surface area contributed by atoms with Crippen molar-refractivity contribution in [3.63, 3.8) is 0 Å². The molecular formula is C13H15N3O4S. The van der Waals surface area contributed by atoms with Crippen molar-refractivity contribution in [2.45, 2.75) is 6.29 Å². The third-order valence-corrected chi connectivity index (χ3v) is 4.19. The van der Waals surface area contributed by atoms with Gasteiger partial charge in [0.25, 0.3) is 6.29 Å². The summed E-state index contributed by atoms with van der Waals surface area (Å²) in [6, 6.07) is 6.96. The predicted octanol–water partition coefficient (Wildman–Crippen LogP) is 0.984. The molecule has 1 aromatic heterocycles. The SMILES string of the molecule is Cn1cnc(O[C@H]2CN(S(C)(=O)=O)c3ccccc3O2)c1. The summed E-state index contributed by atoms with van der Waals surface area (Å²) < 4.78 is 38.2. The van der Waals surface area contributed by atoms with E-state index in [1.807, 2.05) is 7.05 Å². The molecule has 1 aromatic carbocycles. The largest absolute Gasteiger partial charge is 0.451 e. The van der Waals surface area contributed by atoms with Crippen molar-refractivity contribution in [1.82, 2.24) is 9.55 Å². The van der Waals surface area contributed by atoms with Crippen LogP contribution in [0.15, 0.2) is 36.8 Å². The van der Waals surface area contributed by atoms with E-state index in [1.54, 1.807) is 41.4 Å². The van der Waals surface area contributed by atoms with E-state index in [4.69, 9.17) is 9.47 Å². The van der Waals surface area contributed by atoms with E-state index in [-0.39, 0.29) is 6.54 Å². The number of rotatable bonds is 3. The van der Waals surface area contributed by atoms with Gasteiger partial charge in [-0.05, 0) is 12.1 Å². The maximum Gasteiger partial charge on any atom is 0.261 e. The summed E-state index contributed by atoms with van der Waals surface area (Å²) in [5.74, 6) is 0.852. The highest BCUT2D eigenvalue weighted by atomic mass is 32.2. The van der Waals surface area contributed by atoms with Crippen molar-refractivity contribution in [1.29, 1.82) is 0 Å². The molecule has 0 saturated carbocycles. The molecule has 0 radical (unpaired) electrons. The zero-order valence-corrected chi connectivity index (χ0v) is 12.4. The van der Waals surface area contributed by atoms with Gasteiger partial charge in [0, 0.05) is 7.05 Å². The Morgan fingerprint density at radius 1 is 1.38 bits per heavy atom. The first kappa shape index (κ1) is 13.7. The lowest BCUT2D eigenvalue weighted by molar-refractivity contribution is 0.00577. The Kier molecular flexibility index (Phi) is 3.25. The Balaban J connectivity index is 1.90. The second-order valence-electron chi connectivity index (χ2n) is 4.80. The van der Waals surface area contributed by atoms with Crippen molar-refractivity contribution < 1.29 is 17.9 Å². The Morgan fingerprint density at radius 2 is 2.14 bits per heavy atom. The third-order valence-electron chi connectivity index (χ3n) is 3.04. The number of imidazole rings is 1. The van der Waals surface area contributed by atoms with Gasteiger partial charge in [0.05, 0.1) is 24.5 Å². The normalized spacial score (nSPS) is 18.0. The van der Waals surface area contributed by atoms with Crippen molar-refractivity contribution in [3.8, 4) is 11.6 Å². The molecule has 0 spiro atoms. The highest BCUT2D eigenvalue weighted by Gasteiger charge is 2.32. The Hall–Kier alpha value is -2.22. The first-order valence-electron chi connectivity index (χ1n) is 6.31. The maximum absolute atomic E-state index is 11.9. The number of nitrogens with zero attached hydrogens (tertiary/aromatic N) is 3. The fraction of sp³-hybridized carbons (Fsp3) is 0.308. The fourth-order valence-electron chi connectivity index (χ4n) is 2.14. The molecule has 112 valence electrons. The third kappa shape index (κ3) is 2.80. The average Bonchev–Trinajstić information content (AvgIpc) is 2.82. The van der Waals surface area contributed by atoms with E-state index >= 15 is 0 Å². The Morgan fingerprint density at radius 3 is 2.81 bits per heavy atom. The fourth-order valence-corrected chi connectivity index (χ4v) is 3.04. The number of benzene rings is 1. The highest BCUT2D eigenvalue weighted by Crippen LogP contribution is 2.34. The van der Waals surface area contributed by atoms with Crippen molar-refractivity contribution in [2.24, 2.45) is 7.05 Å². The van der Waals surface area contributed by atoms with E-state index in [9.17, 15) is 8.42 Å². The van der Waals surface area contributed by atoms with E-state index in [0.29, 0.717) is 17.3 Å². The smallest absolute Gasteiger partial charge is 0.261 e. The van der Waals surface area contributed by atoms with E-state index in [0.717, 1.165) is 6.26 Å². The Bertz CT molecular complexity index is 756. The molecule has 2 heterocycles. The van der Waals surface area contributed by atoms with Crippen LogP contribution in [0.25, 0.3) is 0 Å². The van der Waals surface area contributed by atoms with Crippen molar-refractivity contribution >= 4 is 15.7 Å². The number of sulfonamides is 1. The molecule has 0 N–H and O–H groups in total. The van der Waals surface area contributed by atoms with Gasteiger partial charge < -0.3 is 14.0 Å². The molecule has 0 saturated heterocycles. The molecular weight excluding hydrogens is 294 g/mol. The number of para-hydroxylation sites is 2. The van der Waals surface area contributed by atoms with Crippen LogP contribution in [0.3, 0.4) is 0 Å². The van der Waals surface area contributed by atoms with Gasteiger partial charge in [-0.2, -0.15) is 0 Å². The summed E-state index contributed by atoms with van der Waals surface area (Å²) in [4.78, 5) is 4.05. The lowest BCUT2D eigenvalue weighted by Gasteiger charge is -2.33. The first-order chi connectivity index (χ1) is 9.93. The number of anilines is 1. The maximum atomic E-state index is 11.9. The predicted molar refractivity (Wildman–Crippen MR) is 76.9 cm³/mol. The minimum atomic E-state index is -3.41. The lowest BCUT2D eigenvalue weighted by atomic mass is 10.2. The van der Waals surface area contributed by atoms with Gasteiger partial charge in [-0.15, -0.1) is 0 Å². The number of hydrogen-bond donors (Lipinski definition) is 0. The molecule has 8 heteroatoms. The minimum Gasteiger partial charge on any atom is -0.451 e. The second-order valence-corrected chi connectivity index (χ2v) is 6.71. The molecule has 0 aliphatic carbocycles. The topological polar surface area (TPSA) is 73.7 Å². The van der Waals surface area contributed by atoms with Crippen LogP contribution in [-0.2, 0) is 17.1 Å². The van der Waals surface area contributed by atoms with Crippen LogP contribution in [-0.4, -0.2) is 37.1 Å². The summed E-state index contributed by atoms with van der Waals surface area (Å²) in [5.41, 5.74) is 0.515.